The molecule has 1 amide bonds. The molecule has 5 heteroatoms. The van der Waals surface area contributed by atoms with Crippen LogP contribution in [0.4, 0.5) is 10.1 Å². The molecule has 0 unspecified atom stereocenters. The van der Waals surface area contributed by atoms with Gasteiger partial charge < -0.3 is 10.6 Å². The summed E-state index contributed by atoms with van der Waals surface area (Å²) in [5, 5.41) is 6.22. The fourth-order valence-electron chi connectivity index (χ4n) is 3.37. The number of aromatic nitrogens is 1. The summed E-state index contributed by atoms with van der Waals surface area (Å²) < 4.78 is 13.2. The molecule has 0 aliphatic heterocycles. The van der Waals surface area contributed by atoms with Crippen LogP contribution >= 0.6 is 0 Å². The normalized spacial score (nSPS) is 21.1. The van der Waals surface area contributed by atoms with E-state index in [-0.39, 0.29) is 17.1 Å². The topological polar surface area (TPSA) is 54.0 Å². The fourth-order valence-corrected chi connectivity index (χ4v) is 3.37. The minimum atomic E-state index is -0.561. The molecule has 1 aliphatic rings. The maximum atomic E-state index is 13.2. The Kier molecular flexibility index (Phi) is 4.26. The molecule has 126 valence electrons. The number of anilines is 1. The number of hydrogen-bond acceptors (Lipinski definition) is 3. The molecule has 0 saturated heterocycles. The minimum absolute atomic E-state index is 0.00657. The van der Waals surface area contributed by atoms with Gasteiger partial charge in [-0.25, -0.2) is 4.39 Å². The van der Waals surface area contributed by atoms with Gasteiger partial charge in [0.25, 0.3) is 0 Å². The van der Waals surface area contributed by atoms with Gasteiger partial charge >= 0.3 is 0 Å². The molecule has 2 N–H and O–H groups in total. The van der Waals surface area contributed by atoms with Gasteiger partial charge in [-0.1, -0.05) is 26.0 Å². The van der Waals surface area contributed by atoms with Crippen LogP contribution in [-0.2, 0) is 10.2 Å². The lowest BCUT2D eigenvalue weighted by atomic mass is 9.87. The van der Waals surface area contributed by atoms with E-state index in [9.17, 15) is 9.18 Å². The van der Waals surface area contributed by atoms with Crippen molar-refractivity contribution in [2.24, 2.45) is 5.41 Å². The predicted molar refractivity (Wildman–Crippen MR) is 92.2 cm³/mol. The van der Waals surface area contributed by atoms with Crippen molar-refractivity contribution >= 4 is 11.6 Å². The number of pyridine rings is 1. The van der Waals surface area contributed by atoms with Crippen LogP contribution in [0.5, 0.6) is 0 Å². The molecule has 1 heterocycles. The van der Waals surface area contributed by atoms with Crippen molar-refractivity contribution in [1.82, 2.24) is 10.3 Å². The van der Waals surface area contributed by atoms with Crippen molar-refractivity contribution in [3.05, 3.63) is 60.2 Å². The number of rotatable bonds is 6. The Bertz CT molecular complexity index is 715. The van der Waals surface area contributed by atoms with Crippen molar-refractivity contribution < 1.29 is 9.18 Å². The Morgan fingerprint density at radius 1 is 1.21 bits per heavy atom. The molecule has 0 spiro atoms. The van der Waals surface area contributed by atoms with E-state index in [2.05, 4.69) is 29.5 Å². The lowest BCUT2D eigenvalue weighted by Crippen LogP contribution is -2.39. The second-order valence-electron chi connectivity index (χ2n) is 6.90. The Hall–Kier alpha value is -2.43. The van der Waals surface area contributed by atoms with E-state index < -0.39 is 5.41 Å². The first-order valence-corrected chi connectivity index (χ1v) is 8.14. The summed E-state index contributed by atoms with van der Waals surface area (Å²) >= 11 is 0. The summed E-state index contributed by atoms with van der Waals surface area (Å²) in [6.07, 6.45) is 4.23. The van der Waals surface area contributed by atoms with E-state index >= 15 is 0 Å². The van der Waals surface area contributed by atoms with E-state index in [1.807, 2.05) is 12.1 Å². The van der Waals surface area contributed by atoms with Gasteiger partial charge in [0, 0.05) is 25.5 Å². The van der Waals surface area contributed by atoms with Crippen molar-refractivity contribution in [1.29, 1.82) is 0 Å². The zero-order valence-electron chi connectivity index (χ0n) is 14.0. The smallest absolute Gasteiger partial charge is 0.231 e. The van der Waals surface area contributed by atoms with Crippen LogP contribution in [0, 0.1) is 11.2 Å². The van der Waals surface area contributed by atoms with Crippen molar-refractivity contribution in [3.8, 4) is 0 Å². The van der Waals surface area contributed by atoms with E-state index in [4.69, 9.17) is 0 Å². The average molecular weight is 327 g/mol. The van der Waals surface area contributed by atoms with Crippen LogP contribution in [0.1, 0.15) is 25.8 Å². The van der Waals surface area contributed by atoms with Gasteiger partial charge in [-0.3, -0.25) is 9.78 Å². The molecule has 0 bridgehead atoms. The number of amides is 1. The molecule has 1 fully saturated rings. The highest BCUT2D eigenvalue weighted by Gasteiger charge is 2.66. The van der Waals surface area contributed by atoms with Crippen LogP contribution in [0.15, 0.2) is 48.8 Å². The van der Waals surface area contributed by atoms with Gasteiger partial charge in [0.1, 0.15) is 5.82 Å². The zero-order valence-corrected chi connectivity index (χ0v) is 14.0. The highest BCUT2D eigenvalue weighted by molar-refractivity contribution is 5.93. The van der Waals surface area contributed by atoms with Gasteiger partial charge in [0.15, 0.2) is 0 Å². The van der Waals surface area contributed by atoms with Gasteiger partial charge in [-0.05, 0) is 41.7 Å². The minimum Gasteiger partial charge on any atom is -0.382 e. The number of halogens is 1. The third-order valence-corrected chi connectivity index (χ3v) is 4.86. The zero-order chi connectivity index (χ0) is 17.2. The summed E-state index contributed by atoms with van der Waals surface area (Å²) in [6, 6.07) is 10.1. The number of carbonyl (C=O) groups is 1. The third-order valence-electron chi connectivity index (χ3n) is 4.86. The van der Waals surface area contributed by atoms with Gasteiger partial charge in [0.2, 0.25) is 5.91 Å². The molecule has 0 radical (unpaired) electrons. The molecule has 2 aromatic rings. The molecule has 24 heavy (non-hydrogen) atoms. The average Bonchev–Trinajstić information content (AvgIpc) is 3.17. The molecule has 1 aromatic carbocycles. The number of benzene rings is 1. The standard InChI is InChI=1S/C19H22FN3O/c1-18(2)13-19(18,14-5-7-15(20)8-6-14)17(24)23-11-10-22-16-4-3-9-21-12-16/h3-9,12,22H,10-11,13H2,1-2H3,(H,23,24)/t19-/m0/s1. The quantitative estimate of drug-likeness (QED) is 0.802. The van der Waals surface area contributed by atoms with Gasteiger partial charge in [-0.15, -0.1) is 0 Å². The highest BCUT2D eigenvalue weighted by Crippen LogP contribution is 2.64. The largest absolute Gasteiger partial charge is 0.382 e. The Morgan fingerprint density at radius 3 is 2.50 bits per heavy atom. The monoisotopic (exact) mass is 327 g/mol. The number of carbonyl (C=O) groups excluding carboxylic acids is 1. The lowest BCUT2D eigenvalue weighted by Gasteiger charge is -2.21. The van der Waals surface area contributed by atoms with Crippen LogP contribution in [0.25, 0.3) is 0 Å². The molecular formula is C19H22FN3O. The van der Waals surface area contributed by atoms with Crippen molar-refractivity contribution in [2.45, 2.75) is 25.7 Å². The summed E-state index contributed by atoms with van der Waals surface area (Å²) in [5.74, 6) is -0.277. The van der Waals surface area contributed by atoms with E-state index in [1.165, 1.54) is 12.1 Å². The summed E-state index contributed by atoms with van der Waals surface area (Å²) in [6.45, 7) is 5.29. The number of hydrogen-bond donors (Lipinski definition) is 2. The molecule has 1 aromatic heterocycles. The third kappa shape index (κ3) is 2.98. The van der Waals surface area contributed by atoms with Crippen LogP contribution < -0.4 is 10.6 Å². The molecule has 1 atom stereocenters. The first-order valence-electron chi connectivity index (χ1n) is 8.14. The summed E-state index contributed by atoms with van der Waals surface area (Å²) in [4.78, 5) is 16.8. The maximum Gasteiger partial charge on any atom is 0.231 e. The molecule has 3 rings (SSSR count). The highest BCUT2D eigenvalue weighted by atomic mass is 19.1. The predicted octanol–water partition coefficient (Wildman–Crippen LogP) is 3.12. The van der Waals surface area contributed by atoms with Crippen LogP contribution in [-0.4, -0.2) is 24.0 Å². The Morgan fingerprint density at radius 2 is 1.92 bits per heavy atom. The first kappa shape index (κ1) is 16.4. The van der Waals surface area contributed by atoms with E-state index in [1.54, 1.807) is 24.5 Å². The van der Waals surface area contributed by atoms with Gasteiger partial charge in [-0.2, -0.15) is 0 Å². The second-order valence-corrected chi connectivity index (χ2v) is 6.90. The van der Waals surface area contributed by atoms with E-state index in [0.29, 0.717) is 13.1 Å². The fraction of sp³-hybridized carbons (Fsp3) is 0.368. The van der Waals surface area contributed by atoms with Crippen LogP contribution in [0.2, 0.25) is 0 Å². The Labute approximate surface area is 141 Å². The maximum absolute atomic E-state index is 13.2. The van der Waals surface area contributed by atoms with Crippen LogP contribution in [0.3, 0.4) is 0 Å². The number of nitrogens with zero attached hydrogens (tertiary/aromatic N) is 1. The van der Waals surface area contributed by atoms with Crippen molar-refractivity contribution in [3.63, 3.8) is 0 Å². The summed E-state index contributed by atoms with van der Waals surface area (Å²) in [7, 11) is 0. The van der Waals surface area contributed by atoms with Gasteiger partial charge in [0.05, 0.1) is 11.1 Å². The molecule has 1 saturated carbocycles. The molecular weight excluding hydrogens is 305 g/mol. The first-order chi connectivity index (χ1) is 11.5. The Balaban J connectivity index is 1.61. The summed E-state index contributed by atoms with van der Waals surface area (Å²) in [5.41, 5.74) is 1.12. The second kappa shape index (κ2) is 6.23. The van der Waals surface area contributed by atoms with Crippen molar-refractivity contribution in [2.75, 3.05) is 18.4 Å². The molecule has 1 aliphatic carbocycles. The number of nitrogens with one attached hydrogen (secondary N) is 2. The molecule has 4 nitrogen and oxygen atoms in total. The lowest BCUT2D eigenvalue weighted by molar-refractivity contribution is -0.124. The SMILES string of the molecule is CC1(C)C[C@@]1(C(=O)NCCNc1cccnc1)c1ccc(F)cc1. The van der Waals surface area contributed by atoms with E-state index in [0.717, 1.165) is 17.7 Å².